The van der Waals surface area contributed by atoms with Crippen molar-refractivity contribution in [1.29, 1.82) is 0 Å². The summed E-state index contributed by atoms with van der Waals surface area (Å²) in [5.41, 5.74) is 1.12. The van der Waals surface area contributed by atoms with E-state index in [1.165, 1.54) is 0 Å². The zero-order chi connectivity index (χ0) is 17.7. The minimum absolute atomic E-state index is 0.0383. The van der Waals surface area contributed by atoms with E-state index >= 15 is 0 Å². The van der Waals surface area contributed by atoms with Crippen molar-refractivity contribution < 1.29 is 14.3 Å². The highest BCUT2D eigenvalue weighted by atomic mass is 16.5. The van der Waals surface area contributed by atoms with Gasteiger partial charge in [0.1, 0.15) is 0 Å². The molecule has 0 aromatic heterocycles. The summed E-state index contributed by atoms with van der Waals surface area (Å²) in [7, 11) is 1.74. The summed E-state index contributed by atoms with van der Waals surface area (Å²) < 4.78 is 11.2. The zero-order valence-electron chi connectivity index (χ0n) is 15.4. The molecule has 2 aliphatic heterocycles. The van der Waals surface area contributed by atoms with Gasteiger partial charge in [-0.1, -0.05) is 37.3 Å². The maximum atomic E-state index is 12.9. The Labute approximate surface area is 150 Å². The van der Waals surface area contributed by atoms with E-state index in [2.05, 4.69) is 11.8 Å². The first-order chi connectivity index (χ1) is 12.1. The Kier molecular flexibility index (Phi) is 6.10. The Bertz CT molecular complexity index is 565. The second kappa shape index (κ2) is 8.30. The van der Waals surface area contributed by atoms with Gasteiger partial charge in [-0.15, -0.1) is 0 Å². The number of hydrogen-bond acceptors (Lipinski definition) is 4. The summed E-state index contributed by atoms with van der Waals surface area (Å²) >= 11 is 0. The number of hydrogen-bond donors (Lipinski definition) is 0. The second-order valence-corrected chi connectivity index (χ2v) is 7.52. The molecule has 25 heavy (non-hydrogen) atoms. The molecule has 2 heterocycles. The fourth-order valence-corrected chi connectivity index (χ4v) is 4.08. The van der Waals surface area contributed by atoms with E-state index in [0.29, 0.717) is 25.5 Å². The number of amides is 1. The molecule has 0 unspecified atom stereocenters. The maximum Gasteiger partial charge on any atom is 0.227 e. The number of carbonyl (C=O) groups is 1. The van der Waals surface area contributed by atoms with Gasteiger partial charge in [-0.2, -0.15) is 0 Å². The van der Waals surface area contributed by atoms with E-state index in [1.807, 2.05) is 35.2 Å². The topological polar surface area (TPSA) is 42.0 Å². The van der Waals surface area contributed by atoms with E-state index in [4.69, 9.17) is 9.47 Å². The van der Waals surface area contributed by atoms with Gasteiger partial charge in [0.2, 0.25) is 5.91 Å². The second-order valence-electron chi connectivity index (χ2n) is 7.52. The van der Waals surface area contributed by atoms with Gasteiger partial charge in [-0.05, 0) is 11.5 Å². The van der Waals surface area contributed by atoms with E-state index < -0.39 is 0 Å². The summed E-state index contributed by atoms with van der Waals surface area (Å²) in [6.07, 6.45) is 0.471. The molecule has 0 aliphatic carbocycles. The van der Waals surface area contributed by atoms with E-state index in [-0.39, 0.29) is 11.3 Å². The lowest BCUT2D eigenvalue weighted by molar-refractivity contribution is -0.131. The molecule has 2 fully saturated rings. The normalized spacial score (nSPS) is 27.6. The van der Waals surface area contributed by atoms with E-state index in [1.54, 1.807) is 7.11 Å². The summed E-state index contributed by atoms with van der Waals surface area (Å²) in [6, 6.07) is 10.0. The lowest BCUT2D eigenvalue weighted by atomic mass is 9.79. The van der Waals surface area contributed by atoms with Crippen LogP contribution in [0.3, 0.4) is 0 Å². The fraction of sp³-hybridized carbons (Fsp3) is 0.650. The molecule has 0 N–H and O–H groups in total. The molecule has 2 saturated heterocycles. The predicted octanol–water partition coefficient (Wildman–Crippen LogP) is 1.67. The van der Waals surface area contributed by atoms with Crippen LogP contribution >= 0.6 is 0 Å². The van der Waals surface area contributed by atoms with Gasteiger partial charge in [0.05, 0.1) is 26.2 Å². The van der Waals surface area contributed by atoms with Crippen LogP contribution in [0.1, 0.15) is 12.5 Å². The van der Waals surface area contributed by atoms with Crippen molar-refractivity contribution in [2.45, 2.75) is 13.3 Å². The average Bonchev–Trinajstić information content (AvgIpc) is 2.78. The number of benzene rings is 1. The summed E-state index contributed by atoms with van der Waals surface area (Å²) in [6.45, 7) is 8.88. The van der Waals surface area contributed by atoms with Crippen molar-refractivity contribution in [2.75, 3.05) is 59.7 Å². The van der Waals surface area contributed by atoms with Crippen molar-refractivity contribution in [2.24, 2.45) is 11.3 Å². The van der Waals surface area contributed by atoms with Crippen LogP contribution in [-0.4, -0.2) is 75.4 Å². The van der Waals surface area contributed by atoms with Crippen molar-refractivity contribution in [3.05, 3.63) is 35.9 Å². The molecule has 5 heteroatoms. The molecule has 0 bridgehead atoms. The third-order valence-electron chi connectivity index (χ3n) is 5.68. The first kappa shape index (κ1) is 18.4. The molecule has 1 amide bonds. The molecule has 3 rings (SSSR count). The van der Waals surface area contributed by atoms with Crippen LogP contribution in [0.15, 0.2) is 30.3 Å². The van der Waals surface area contributed by atoms with Crippen LogP contribution in [-0.2, 0) is 20.7 Å². The lowest BCUT2D eigenvalue weighted by Gasteiger charge is -2.35. The Morgan fingerprint density at radius 2 is 2.12 bits per heavy atom. The molecule has 0 radical (unpaired) electrons. The maximum absolute atomic E-state index is 12.9. The van der Waals surface area contributed by atoms with Gasteiger partial charge in [0, 0.05) is 45.2 Å². The molecule has 1 aromatic carbocycles. The van der Waals surface area contributed by atoms with Crippen LogP contribution in [0.4, 0.5) is 0 Å². The minimum atomic E-state index is 0.0383. The lowest BCUT2D eigenvalue weighted by Crippen LogP contribution is -2.46. The Balaban J connectivity index is 1.67. The number of carbonyl (C=O) groups excluding carboxylic acids is 1. The molecule has 1 spiro atoms. The molecular weight excluding hydrogens is 316 g/mol. The van der Waals surface area contributed by atoms with Gasteiger partial charge in [0.25, 0.3) is 0 Å². The van der Waals surface area contributed by atoms with Crippen LogP contribution < -0.4 is 0 Å². The molecule has 2 atom stereocenters. The minimum Gasteiger partial charge on any atom is -0.383 e. The fourth-order valence-electron chi connectivity index (χ4n) is 4.08. The first-order valence-corrected chi connectivity index (χ1v) is 9.24. The summed E-state index contributed by atoms with van der Waals surface area (Å²) in [4.78, 5) is 17.3. The Morgan fingerprint density at radius 1 is 1.32 bits per heavy atom. The van der Waals surface area contributed by atoms with Crippen molar-refractivity contribution in [3.63, 3.8) is 0 Å². The third kappa shape index (κ3) is 4.40. The third-order valence-corrected chi connectivity index (χ3v) is 5.68. The zero-order valence-corrected chi connectivity index (χ0v) is 15.4. The number of likely N-dealkylation sites (tertiary alicyclic amines) is 1. The van der Waals surface area contributed by atoms with Gasteiger partial charge in [-0.25, -0.2) is 0 Å². The number of ether oxygens (including phenoxy) is 2. The number of nitrogens with zero attached hydrogens (tertiary/aromatic N) is 2. The number of methoxy groups -OCH3 is 1. The van der Waals surface area contributed by atoms with Gasteiger partial charge < -0.3 is 19.3 Å². The van der Waals surface area contributed by atoms with Crippen LogP contribution in [0.25, 0.3) is 0 Å². The molecule has 5 nitrogen and oxygen atoms in total. The van der Waals surface area contributed by atoms with Gasteiger partial charge >= 0.3 is 0 Å². The van der Waals surface area contributed by atoms with Crippen LogP contribution in [0.2, 0.25) is 0 Å². The first-order valence-electron chi connectivity index (χ1n) is 9.24. The van der Waals surface area contributed by atoms with Gasteiger partial charge in [0.15, 0.2) is 0 Å². The number of rotatable bonds is 5. The van der Waals surface area contributed by atoms with E-state index in [0.717, 1.165) is 45.0 Å². The molecular formula is C20H30N2O3. The molecule has 0 saturated carbocycles. The summed E-state index contributed by atoms with van der Waals surface area (Å²) in [5, 5.41) is 0. The van der Waals surface area contributed by atoms with Crippen LogP contribution in [0.5, 0.6) is 0 Å². The largest absolute Gasteiger partial charge is 0.383 e. The van der Waals surface area contributed by atoms with Gasteiger partial charge in [-0.3, -0.25) is 4.79 Å². The molecule has 2 aliphatic rings. The van der Waals surface area contributed by atoms with Crippen LogP contribution in [0, 0.1) is 11.3 Å². The van der Waals surface area contributed by atoms with Crippen molar-refractivity contribution in [1.82, 2.24) is 9.80 Å². The Morgan fingerprint density at radius 3 is 2.88 bits per heavy atom. The van der Waals surface area contributed by atoms with E-state index in [9.17, 15) is 4.79 Å². The highest BCUT2D eigenvalue weighted by Crippen LogP contribution is 2.38. The Hall–Kier alpha value is -1.43. The molecule has 1 aromatic rings. The highest BCUT2D eigenvalue weighted by Gasteiger charge is 2.46. The predicted molar refractivity (Wildman–Crippen MR) is 97.5 cm³/mol. The smallest absolute Gasteiger partial charge is 0.227 e. The average molecular weight is 346 g/mol. The van der Waals surface area contributed by atoms with Crippen molar-refractivity contribution >= 4 is 5.91 Å². The van der Waals surface area contributed by atoms with Crippen molar-refractivity contribution in [3.8, 4) is 0 Å². The quantitative estimate of drug-likeness (QED) is 0.813. The molecule has 138 valence electrons. The highest BCUT2D eigenvalue weighted by molar-refractivity contribution is 5.78. The summed E-state index contributed by atoms with van der Waals surface area (Å²) in [5.74, 6) is 0.716. The SMILES string of the molecule is COCCN1C[C@H](C)[C@]2(COCCN(C(=O)Cc3ccccc3)C2)C1. The standard InChI is InChI=1S/C20H30N2O3/c1-17-13-21(8-10-24-2)14-20(17)15-22(9-11-25-16-20)19(23)12-18-6-4-3-5-7-18/h3-7,17H,8-16H2,1-2H3/t17-,20+/m0/s1. The monoisotopic (exact) mass is 346 g/mol.